The molecular formula is C15H17NO. The van der Waals surface area contributed by atoms with E-state index in [1.165, 1.54) is 16.7 Å². The van der Waals surface area contributed by atoms with E-state index >= 15 is 0 Å². The number of nitrogens with zero attached hydrogens (tertiary/aromatic N) is 1. The van der Waals surface area contributed by atoms with Gasteiger partial charge in [-0.2, -0.15) is 0 Å². The first kappa shape index (κ1) is 10.6. The summed E-state index contributed by atoms with van der Waals surface area (Å²) in [5, 5.41) is 12.3. The molecule has 0 fully saturated rings. The molecule has 0 bridgehead atoms. The summed E-state index contributed by atoms with van der Waals surface area (Å²) in [5.74, 6) is 0. The van der Waals surface area contributed by atoms with E-state index in [2.05, 4.69) is 42.4 Å². The number of allylic oxidation sites excluding steroid dienone is 2. The van der Waals surface area contributed by atoms with Crippen LogP contribution in [-0.2, 0) is 11.8 Å². The summed E-state index contributed by atoms with van der Waals surface area (Å²) >= 11 is 0. The van der Waals surface area contributed by atoms with E-state index in [0.717, 1.165) is 31.4 Å². The van der Waals surface area contributed by atoms with E-state index in [9.17, 15) is 0 Å². The molecule has 3 rings (SSSR count). The van der Waals surface area contributed by atoms with E-state index < -0.39 is 0 Å². The zero-order valence-corrected chi connectivity index (χ0v) is 10.1. The van der Waals surface area contributed by atoms with Crippen molar-refractivity contribution in [2.45, 2.75) is 38.0 Å². The molecule has 0 aromatic heterocycles. The summed E-state index contributed by atoms with van der Waals surface area (Å²) in [6.45, 7) is 2.32. The third kappa shape index (κ3) is 1.51. The summed E-state index contributed by atoms with van der Waals surface area (Å²) in [5.41, 5.74) is 5.36. The highest BCUT2D eigenvalue weighted by atomic mass is 16.4. The number of hydrogen-bond donors (Lipinski definition) is 1. The maximum Gasteiger partial charge on any atom is 0.0796 e. The van der Waals surface area contributed by atoms with Crippen molar-refractivity contribution in [3.63, 3.8) is 0 Å². The number of fused-ring (bicyclic) bond motifs is 3. The van der Waals surface area contributed by atoms with Crippen LogP contribution in [-0.4, -0.2) is 10.9 Å². The molecule has 1 N–H and O–H groups in total. The summed E-state index contributed by atoms with van der Waals surface area (Å²) < 4.78 is 0. The topological polar surface area (TPSA) is 32.6 Å². The summed E-state index contributed by atoms with van der Waals surface area (Å²) in [6.07, 6.45) is 6.21. The average Bonchev–Trinajstić information content (AvgIpc) is 2.38. The smallest absolute Gasteiger partial charge is 0.0796 e. The Morgan fingerprint density at radius 2 is 2.00 bits per heavy atom. The number of oxime groups is 1. The summed E-state index contributed by atoms with van der Waals surface area (Å²) in [7, 11) is 0. The van der Waals surface area contributed by atoms with Crippen molar-refractivity contribution in [1.82, 2.24) is 0 Å². The minimum absolute atomic E-state index is 0.156. The van der Waals surface area contributed by atoms with Crippen LogP contribution < -0.4 is 0 Å². The molecule has 1 atom stereocenters. The van der Waals surface area contributed by atoms with E-state index in [1.807, 2.05) is 0 Å². The van der Waals surface area contributed by atoms with Crippen molar-refractivity contribution in [2.75, 3.05) is 0 Å². The Hall–Kier alpha value is -1.57. The van der Waals surface area contributed by atoms with Crippen LogP contribution in [0, 0.1) is 0 Å². The van der Waals surface area contributed by atoms with Crippen LogP contribution in [0.3, 0.4) is 0 Å². The van der Waals surface area contributed by atoms with Gasteiger partial charge in [0.05, 0.1) is 5.71 Å². The molecule has 2 nitrogen and oxygen atoms in total. The average molecular weight is 227 g/mol. The lowest BCUT2D eigenvalue weighted by Crippen LogP contribution is -2.34. The first-order valence-corrected chi connectivity index (χ1v) is 6.24. The largest absolute Gasteiger partial charge is 0.411 e. The maximum absolute atomic E-state index is 8.90. The minimum atomic E-state index is 0.156. The van der Waals surface area contributed by atoms with Gasteiger partial charge < -0.3 is 5.21 Å². The van der Waals surface area contributed by atoms with Gasteiger partial charge in [-0.3, -0.25) is 0 Å². The van der Waals surface area contributed by atoms with Gasteiger partial charge >= 0.3 is 0 Å². The van der Waals surface area contributed by atoms with Gasteiger partial charge in [-0.25, -0.2) is 0 Å². The third-order valence-electron chi connectivity index (χ3n) is 4.33. The fraction of sp³-hybridized carbons (Fsp3) is 0.400. The molecule has 0 aliphatic heterocycles. The molecule has 2 heteroatoms. The van der Waals surface area contributed by atoms with Gasteiger partial charge in [0.2, 0.25) is 0 Å². The highest BCUT2D eigenvalue weighted by Crippen LogP contribution is 2.46. The monoisotopic (exact) mass is 227 g/mol. The third-order valence-corrected chi connectivity index (χ3v) is 4.33. The van der Waals surface area contributed by atoms with Gasteiger partial charge in [0.15, 0.2) is 0 Å². The summed E-state index contributed by atoms with van der Waals surface area (Å²) in [6, 6.07) is 8.75. The molecule has 1 aromatic carbocycles. The predicted molar refractivity (Wildman–Crippen MR) is 68.7 cm³/mol. The van der Waals surface area contributed by atoms with Crippen LogP contribution in [0.1, 0.15) is 37.3 Å². The normalized spacial score (nSPS) is 29.5. The predicted octanol–water partition coefficient (Wildman–Crippen LogP) is 3.44. The molecule has 0 saturated carbocycles. The molecule has 17 heavy (non-hydrogen) atoms. The molecule has 0 spiro atoms. The first-order chi connectivity index (χ1) is 8.24. The van der Waals surface area contributed by atoms with Crippen LogP contribution in [0.25, 0.3) is 0 Å². The maximum atomic E-state index is 8.90. The molecule has 2 aliphatic rings. The standard InChI is InChI=1S/C15H17NO/c1-15-9-8-13(16-17)10-12(15)7-6-11-4-2-3-5-14(11)15/h2-5,10,17H,6-9H2,1H3/b16-13+/t15-/m0/s1. The van der Waals surface area contributed by atoms with Crippen molar-refractivity contribution >= 4 is 5.71 Å². The van der Waals surface area contributed by atoms with E-state index in [-0.39, 0.29) is 5.41 Å². The van der Waals surface area contributed by atoms with E-state index in [1.54, 1.807) is 0 Å². The highest BCUT2D eigenvalue weighted by Gasteiger charge is 2.38. The lowest BCUT2D eigenvalue weighted by atomic mass is 9.63. The molecule has 88 valence electrons. The van der Waals surface area contributed by atoms with Crippen molar-refractivity contribution in [3.8, 4) is 0 Å². The molecule has 0 amide bonds. The van der Waals surface area contributed by atoms with Crippen LogP contribution in [0.2, 0.25) is 0 Å². The lowest BCUT2D eigenvalue weighted by Gasteiger charge is -2.41. The number of benzene rings is 1. The van der Waals surface area contributed by atoms with Gasteiger partial charge in [0.1, 0.15) is 0 Å². The zero-order chi connectivity index (χ0) is 11.9. The minimum Gasteiger partial charge on any atom is -0.411 e. The molecule has 0 heterocycles. The van der Waals surface area contributed by atoms with Gasteiger partial charge in [0.25, 0.3) is 0 Å². The van der Waals surface area contributed by atoms with Crippen LogP contribution in [0.4, 0.5) is 0 Å². The van der Waals surface area contributed by atoms with Crippen LogP contribution >= 0.6 is 0 Å². The fourth-order valence-electron chi connectivity index (χ4n) is 3.25. The molecule has 1 aromatic rings. The van der Waals surface area contributed by atoms with Gasteiger partial charge in [0, 0.05) is 5.41 Å². The molecular weight excluding hydrogens is 210 g/mol. The Morgan fingerprint density at radius 1 is 1.18 bits per heavy atom. The second kappa shape index (κ2) is 3.73. The lowest BCUT2D eigenvalue weighted by molar-refractivity contribution is 0.316. The van der Waals surface area contributed by atoms with Crippen molar-refractivity contribution < 1.29 is 5.21 Å². The highest BCUT2D eigenvalue weighted by molar-refractivity contribution is 5.96. The van der Waals surface area contributed by atoms with Crippen LogP contribution in [0.15, 0.2) is 41.1 Å². The first-order valence-electron chi connectivity index (χ1n) is 6.24. The van der Waals surface area contributed by atoms with E-state index in [4.69, 9.17) is 5.21 Å². The second-order valence-electron chi connectivity index (χ2n) is 5.25. The van der Waals surface area contributed by atoms with E-state index in [0.29, 0.717) is 0 Å². The Balaban J connectivity index is 2.14. The zero-order valence-electron chi connectivity index (χ0n) is 10.1. The quantitative estimate of drug-likeness (QED) is 0.534. The van der Waals surface area contributed by atoms with Crippen LogP contribution in [0.5, 0.6) is 0 Å². The molecule has 0 radical (unpaired) electrons. The van der Waals surface area contributed by atoms with Crippen molar-refractivity contribution in [2.24, 2.45) is 5.16 Å². The number of hydrogen-bond acceptors (Lipinski definition) is 2. The Labute approximate surface area is 102 Å². The summed E-state index contributed by atoms with van der Waals surface area (Å²) in [4.78, 5) is 0. The molecule has 0 unspecified atom stereocenters. The van der Waals surface area contributed by atoms with Gasteiger partial charge in [-0.1, -0.05) is 41.9 Å². The fourth-order valence-corrected chi connectivity index (χ4v) is 3.25. The SMILES string of the molecule is C[C@]12CC/C(=N\O)C=C1CCc1ccccc12. The number of aryl methyl sites for hydroxylation is 1. The van der Waals surface area contributed by atoms with Gasteiger partial charge in [-0.15, -0.1) is 0 Å². The van der Waals surface area contributed by atoms with Crippen molar-refractivity contribution in [3.05, 3.63) is 47.0 Å². The Morgan fingerprint density at radius 3 is 2.82 bits per heavy atom. The number of rotatable bonds is 0. The molecule has 0 saturated heterocycles. The van der Waals surface area contributed by atoms with Crippen molar-refractivity contribution in [1.29, 1.82) is 0 Å². The van der Waals surface area contributed by atoms with Gasteiger partial charge in [-0.05, 0) is 42.9 Å². The Kier molecular flexibility index (Phi) is 2.32. The second-order valence-corrected chi connectivity index (χ2v) is 5.25. The Bertz CT molecular complexity index is 515. The molecule has 2 aliphatic carbocycles.